The van der Waals surface area contributed by atoms with Crippen LogP contribution in [0.1, 0.15) is 23.6 Å². The van der Waals surface area contributed by atoms with Gasteiger partial charge in [-0.05, 0) is 40.7 Å². The van der Waals surface area contributed by atoms with Crippen molar-refractivity contribution in [1.29, 1.82) is 0 Å². The van der Waals surface area contributed by atoms with Gasteiger partial charge in [-0.25, -0.2) is 0 Å². The molecule has 0 heteroatoms. The highest BCUT2D eigenvalue weighted by Gasteiger charge is 2.17. The monoisotopic (exact) mass is 194 g/mol. The van der Waals surface area contributed by atoms with Crippen molar-refractivity contribution in [2.75, 3.05) is 0 Å². The van der Waals surface area contributed by atoms with Gasteiger partial charge in [0.15, 0.2) is 0 Å². The van der Waals surface area contributed by atoms with Gasteiger partial charge in [0.25, 0.3) is 0 Å². The van der Waals surface area contributed by atoms with Crippen LogP contribution in [0.2, 0.25) is 0 Å². The van der Waals surface area contributed by atoms with E-state index in [1.807, 2.05) is 0 Å². The van der Waals surface area contributed by atoms with E-state index in [9.17, 15) is 0 Å². The van der Waals surface area contributed by atoms with E-state index in [4.69, 9.17) is 0 Å². The maximum Gasteiger partial charge on any atom is -0.00134 e. The molecule has 0 atom stereocenters. The van der Waals surface area contributed by atoms with Crippen molar-refractivity contribution < 1.29 is 0 Å². The van der Waals surface area contributed by atoms with Crippen molar-refractivity contribution in [3.8, 4) is 11.1 Å². The van der Waals surface area contributed by atoms with Crippen molar-refractivity contribution in [2.24, 2.45) is 0 Å². The summed E-state index contributed by atoms with van der Waals surface area (Å²) < 4.78 is 0. The fraction of sp³-hybridized carbons (Fsp3) is 0.200. The van der Waals surface area contributed by atoms with E-state index in [-0.39, 0.29) is 0 Å². The largest absolute Gasteiger partial charge is 0.0619 e. The molecule has 0 heterocycles. The average Bonchev–Trinajstić information content (AvgIpc) is 2.66. The molecule has 0 fully saturated rings. The van der Waals surface area contributed by atoms with Gasteiger partial charge < -0.3 is 0 Å². The number of hydrogen-bond donors (Lipinski definition) is 0. The highest BCUT2D eigenvalue weighted by molar-refractivity contribution is 5.76. The lowest BCUT2D eigenvalue weighted by molar-refractivity contribution is 1.12. The lowest BCUT2D eigenvalue weighted by Gasteiger charge is -2.02. The van der Waals surface area contributed by atoms with Crippen LogP contribution in [0.5, 0.6) is 0 Å². The third-order valence-electron chi connectivity index (χ3n) is 3.27. The molecule has 0 amide bonds. The minimum Gasteiger partial charge on any atom is -0.0619 e. The molecule has 0 aromatic heterocycles. The number of rotatable bonds is 1. The zero-order valence-corrected chi connectivity index (χ0v) is 8.96. The molecule has 0 N–H and O–H groups in total. The zero-order chi connectivity index (χ0) is 10.3. The molecule has 0 bridgehead atoms. The summed E-state index contributed by atoms with van der Waals surface area (Å²) in [5, 5.41) is 0. The van der Waals surface area contributed by atoms with Crippen LogP contribution < -0.4 is 0 Å². The summed E-state index contributed by atoms with van der Waals surface area (Å²) in [6.45, 7) is 2.21. The van der Waals surface area contributed by atoms with Crippen LogP contribution >= 0.6 is 0 Å². The average molecular weight is 194 g/mol. The molecule has 0 aliphatic heterocycles. The van der Waals surface area contributed by atoms with Gasteiger partial charge in [-0.3, -0.25) is 0 Å². The first-order chi connectivity index (χ1) is 7.38. The second-order valence-electron chi connectivity index (χ2n) is 4.18. The smallest absolute Gasteiger partial charge is 0.00134 e. The summed E-state index contributed by atoms with van der Waals surface area (Å²) in [6.07, 6.45) is 2.24. The first-order valence-electron chi connectivity index (χ1n) is 5.58. The fourth-order valence-electron chi connectivity index (χ4n) is 2.42. The molecule has 0 saturated carbocycles. The Morgan fingerprint density at radius 1 is 0.933 bits per heavy atom. The highest BCUT2D eigenvalue weighted by atomic mass is 14.2. The number of benzene rings is 2. The predicted molar refractivity (Wildman–Crippen MR) is 64.1 cm³/mol. The molecular formula is C15H14. The first kappa shape index (κ1) is 8.72. The van der Waals surface area contributed by atoms with E-state index in [1.165, 1.54) is 27.8 Å². The standard InChI is InChI=1S/C15H14/c1-2-11-7-8-15-13(9-11)10-12-5-3-4-6-14(12)15/h3-9H,2,10H2,1H3. The molecule has 15 heavy (non-hydrogen) atoms. The Balaban J connectivity index is 2.18. The molecule has 0 nitrogen and oxygen atoms in total. The summed E-state index contributed by atoms with van der Waals surface area (Å²) in [5.41, 5.74) is 7.27. The summed E-state index contributed by atoms with van der Waals surface area (Å²) in [6, 6.07) is 15.6. The Kier molecular flexibility index (Phi) is 1.88. The van der Waals surface area contributed by atoms with Gasteiger partial charge in [0.05, 0.1) is 0 Å². The van der Waals surface area contributed by atoms with Gasteiger partial charge in [0.1, 0.15) is 0 Å². The van der Waals surface area contributed by atoms with E-state index < -0.39 is 0 Å². The van der Waals surface area contributed by atoms with Crippen LogP contribution in [0.3, 0.4) is 0 Å². The van der Waals surface area contributed by atoms with Gasteiger partial charge in [0.2, 0.25) is 0 Å². The normalized spacial score (nSPS) is 12.3. The van der Waals surface area contributed by atoms with E-state index in [2.05, 4.69) is 49.4 Å². The fourth-order valence-corrected chi connectivity index (χ4v) is 2.42. The number of hydrogen-bond acceptors (Lipinski definition) is 0. The van der Waals surface area contributed by atoms with Gasteiger partial charge >= 0.3 is 0 Å². The third kappa shape index (κ3) is 1.29. The molecule has 3 rings (SSSR count). The van der Waals surface area contributed by atoms with Crippen LogP contribution in [0.15, 0.2) is 42.5 Å². The van der Waals surface area contributed by atoms with Crippen LogP contribution in [-0.4, -0.2) is 0 Å². The van der Waals surface area contributed by atoms with Crippen molar-refractivity contribution in [3.05, 3.63) is 59.2 Å². The van der Waals surface area contributed by atoms with Crippen molar-refractivity contribution in [1.82, 2.24) is 0 Å². The van der Waals surface area contributed by atoms with Gasteiger partial charge in [-0.1, -0.05) is 49.4 Å². The minimum absolute atomic E-state index is 1.11. The van der Waals surface area contributed by atoms with E-state index >= 15 is 0 Å². The SMILES string of the molecule is CCc1ccc2c(c1)Cc1ccccc1-2. The Hall–Kier alpha value is -1.56. The topological polar surface area (TPSA) is 0 Å². The van der Waals surface area contributed by atoms with Crippen molar-refractivity contribution in [3.63, 3.8) is 0 Å². The maximum atomic E-state index is 2.36. The Morgan fingerprint density at radius 3 is 2.60 bits per heavy atom. The second-order valence-corrected chi connectivity index (χ2v) is 4.18. The zero-order valence-electron chi connectivity index (χ0n) is 8.96. The Morgan fingerprint density at radius 2 is 1.73 bits per heavy atom. The molecule has 0 unspecified atom stereocenters. The summed E-state index contributed by atoms with van der Waals surface area (Å²) >= 11 is 0. The van der Waals surface area contributed by atoms with Crippen molar-refractivity contribution >= 4 is 0 Å². The molecule has 0 saturated heterocycles. The van der Waals surface area contributed by atoms with Crippen LogP contribution in [0.25, 0.3) is 11.1 Å². The Labute approximate surface area is 90.6 Å². The lowest BCUT2D eigenvalue weighted by Crippen LogP contribution is -1.84. The van der Waals surface area contributed by atoms with Crippen molar-refractivity contribution in [2.45, 2.75) is 19.8 Å². The third-order valence-corrected chi connectivity index (χ3v) is 3.27. The number of aryl methyl sites for hydroxylation is 1. The van der Waals surface area contributed by atoms with E-state index in [0.29, 0.717) is 0 Å². The minimum atomic E-state index is 1.11. The molecule has 0 spiro atoms. The maximum absolute atomic E-state index is 2.36. The molecule has 0 radical (unpaired) electrons. The van der Waals surface area contributed by atoms with Crippen LogP contribution in [-0.2, 0) is 12.8 Å². The number of fused-ring (bicyclic) bond motifs is 3. The van der Waals surface area contributed by atoms with E-state index in [0.717, 1.165) is 12.8 Å². The lowest BCUT2D eigenvalue weighted by atomic mass is 10.0. The molecule has 1 aliphatic rings. The molecule has 2 aromatic rings. The molecule has 2 aromatic carbocycles. The predicted octanol–water partition coefficient (Wildman–Crippen LogP) is 3.82. The first-order valence-corrected chi connectivity index (χ1v) is 5.58. The highest BCUT2D eigenvalue weighted by Crippen LogP contribution is 2.36. The van der Waals surface area contributed by atoms with E-state index in [1.54, 1.807) is 0 Å². The molecule has 74 valence electrons. The molecule has 1 aliphatic carbocycles. The van der Waals surface area contributed by atoms with Gasteiger partial charge in [-0.2, -0.15) is 0 Å². The Bertz CT molecular complexity index is 509. The quantitative estimate of drug-likeness (QED) is 0.552. The summed E-state index contributed by atoms with van der Waals surface area (Å²) in [4.78, 5) is 0. The molecular weight excluding hydrogens is 180 g/mol. The van der Waals surface area contributed by atoms with Crippen LogP contribution in [0, 0.1) is 0 Å². The summed E-state index contributed by atoms with van der Waals surface area (Å²) in [7, 11) is 0. The second kappa shape index (κ2) is 3.23. The van der Waals surface area contributed by atoms with Gasteiger partial charge in [0, 0.05) is 0 Å². The summed E-state index contributed by atoms with van der Waals surface area (Å²) in [5.74, 6) is 0. The van der Waals surface area contributed by atoms with Gasteiger partial charge in [-0.15, -0.1) is 0 Å². The van der Waals surface area contributed by atoms with Crippen LogP contribution in [0.4, 0.5) is 0 Å².